The lowest BCUT2D eigenvalue weighted by Crippen LogP contribution is -2.28. The van der Waals surface area contributed by atoms with Crippen molar-refractivity contribution in [2.75, 3.05) is 5.32 Å². The zero-order valence-corrected chi connectivity index (χ0v) is 21.7. The average molecular weight is 553 g/mol. The van der Waals surface area contributed by atoms with E-state index in [9.17, 15) is 4.39 Å². The van der Waals surface area contributed by atoms with Crippen molar-refractivity contribution in [1.82, 2.24) is 0 Å². The SMILES string of the molecule is Fc1cccc(COc2ccc(C=Nc3ccc([C@@H]4Nc5ccccc5[C@@H]5C=CC[C@H]54)cc3)cc2Br)c1. The molecular formula is C32H26BrFN2O. The minimum atomic E-state index is -0.264. The molecule has 0 aromatic heterocycles. The molecule has 1 aliphatic carbocycles. The Hall–Kier alpha value is -3.70. The first-order valence-electron chi connectivity index (χ1n) is 12.5. The maximum Gasteiger partial charge on any atom is 0.134 e. The van der Waals surface area contributed by atoms with Gasteiger partial charge in [-0.25, -0.2) is 4.39 Å². The molecule has 4 aromatic carbocycles. The van der Waals surface area contributed by atoms with E-state index in [1.165, 1.54) is 28.9 Å². The van der Waals surface area contributed by atoms with E-state index in [4.69, 9.17) is 4.74 Å². The normalized spacial score (nSPS) is 19.9. The predicted molar refractivity (Wildman–Crippen MR) is 151 cm³/mol. The largest absolute Gasteiger partial charge is 0.488 e. The lowest BCUT2D eigenvalue weighted by Gasteiger charge is -2.37. The highest BCUT2D eigenvalue weighted by Gasteiger charge is 2.37. The zero-order valence-electron chi connectivity index (χ0n) is 20.1. The van der Waals surface area contributed by atoms with Crippen LogP contribution in [0.25, 0.3) is 0 Å². The maximum atomic E-state index is 13.4. The van der Waals surface area contributed by atoms with Gasteiger partial charge in [0.05, 0.1) is 16.2 Å². The van der Waals surface area contributed by atoms with E-state index < -0.39 is 0 Å². The first-order valence-corrected chi connectivity index (χ1v) is 13.3. The number of hydrogen-bond donors (Lipinski definition) is 1. The van der Waals surface area contributed by atoms with Crippen molar-refractivity contribution in [2.45, 2.75) is 25.0 Å². The summed E-state index contributed by atoms with van der Waals surface area (Å²) >= 11 is 3.58. The Morgan fingerprint density at radius 1 is 0.973 bits per heavy atom. The quantitative estimate of drug-likeness (QED) is 0.191. The fourth-order valence-electron chi connectivity index (χ4n) is 5.29. The average Bonchev–Trinajstić information content (AvgIpc) is 3.42. The van der Waals surface area contributed by atoms with Gasteiger partial charge in [-0.2, -0.15) is 0 Å². The van der Waals surface area contributed by atoms with E-state index in [1.54, 1.807) is 6.07 Å². The number of aliphatic imine (C=N–C) groups is 1. The molecule has 0 bridgehead atoms. The Balaban J connectivity index is 1.12. The first kappa shape index (κ1) is 23.7. The summed E-state index contributed by atoms with van der Waals surface area (Å²) in [5, 5.41) is 3.78. The van der Waals surface area contributed by atoms with Crippen LogP contribution in [0.5, 0.6) is 5.75 Å². The topological polar surface area (TPSA) is 33.6 Å². The summed E-state index contributed by atoms with van der Waals surface area (Å²) in [5.41, 5.74) is 6.57. The molecule has 0 saturated carbocycles. The van der Waals surface area contributed by atoms with Crippen LogP contribution in [0.2, 0.25) is 0 Å². The molecular weight excluding hydrogens is 527 g/mol. The number of nitrogens with zero attached hydrogens (tertiary/aromatic N) is 1. The molecule has 3 atom stereocenters. The van der Waals surface area contributed by atoms with Gasteiger partial charge in [-0.1, -0.05) is 54.6 Å². The van der Waals surface area contributed by atoms with Gasteiger partial charge in [0.2, 0.25) is 0 Å². The molecule has 3 nitrogen and oxygen atoms in total. The summed E-state index contributed by atoms with van der Waals surface area (Å²) in [5.74, 6) is 1.44. The van der Waals surface area contributed by atoms with E-state index >= 15 is 0 Å². The van der Waals surface area contributed by atoms with Gasteiger partial charge >= 0.3 is 0 Å². The molecule has 1 aliphatic heterocycles. The number of anilines is 1. The molecule has 2 aliphatic rings. The van der Waals surface area contributed by atoms with Crippen LogP contribution in [0.15, 0.2) is 113 Å². The van der Waals surface area contributed by atoms with Gasteiger partial charge in [-0.15, -0.1) is 0 Å². The summed E-state index contributed by atoms with van der Waals surface area (Å²) in [6.07, 6.45) is 7.63. The number of halogens is 2. The highest BCUT2D eigenvalue weighted by atomic mass is 79.9. The molecule has 0 saturated heterocycles. The predicted octanol–water partition coefficient (Wildman–Crippen LogP) is 8.74. The van der Waals surface area contributed by atoms with Crippen LogP contribution in [-0.4, -0.2) is 6.21 Å². The maximum absolute atomic E-state index is 13.4. The number of rotatable bonds is 6. The van der Waals surface area contributed by atoms with Gasteiger partial charge in [0.15, 0.2) is 0 Å². The standard InChI is InChI=1S/C32H26BrFN2O/c33-29-18-21(11-16-31(29)37-20-22-5-3-6-24(34)17-22)19-35-25-14-12-23(13-15-25)32-28-9-4-8-26(28)27-7-1-2-10-30(27)36-32/h1-8,10-19,26,28,32,36H,9,20H2/t26-,28+,32-/m0/s1. The van der Waals surface area contributed by atoms with Crippen LogP contribution in [0.3, 0.4) is 0 Å². The summed E-state index contributed by atoms with van der Waals surface area (Å²) in [6.45, 7) is 0.301. The van der Waals surface area contributed by atoms with E-state index in [0.29, 0.717) is 24.2 Å². The van der Waals surface area contributed by atoms with E-state index in [0.717, 1.165) is 27.7 Å². The Labute approximate surface area is 224 Å². The molecule has 0 radical (unpaired) electrons. The molecule has 1 heterocycles. The lowest BCUT2D eigenvalue weighted by molar-refractivity contribution is 0.303. The summed E-state index contributed by atoms with van der Waals surface area (Å²) in [7, 11) is 0. The second-order valence-corrected chi connectivity index (χ2v) is 10.4. The highest BCUT2D eigenvalue weighted by Crippen LogP contribution is 2.49. The number of fused-ring (bicyclic) bond motifs is 3. The molecule has 37 heavy (non-hydrogen) atoms. The van der Waals surface area contributed by atoms with E-state index in [-0.39, 0.29) is 11.9 Å². The Kier molecular flexibility index (Phi) is 6.62. The summed E-state index contributed by atoms with van der Waals surface area (Å²) in [4.78, 5) is 4.68. The molecule has 0 unspecified atom stereocenters. The Morgan fingerprint density at radius 2 is 1.84 bits per heavy atom. The third-order valence-corrected chi connectivity index (χ3v) is 7.75. The molecule has 0 fully saturated rings. The zero-order chi connectivity index (χ0) is 25.2. The van der Waals surface area contributed by atoms with Crippen molar-refractivity contribution < 1.29 is 9.13 Å². The lowest BCUT2D eigenvalue weighted by atomic mass is 9.77. The van der Waals surface area contributed by atoms with Crippen molar-refractivity contribution in [3.63, 3.8) is 0 Å². The van der Waals surface area contributed by atoms with Crippen molar-refractivity contribution in [1.29, 1.82) is 0 Å². The summed E-state index contributed by atoms with van der Waals surface area (Å²) < 4.78 is 20.1. The van der Waals surface area contributed by atoms with Gasteiger partial charge in [-0.05, 0) is 99.1 Å². The van der Waals surface area contributed by atoms with Crippen LogP contribution in [0, 0.1) is 11.7 Å². The first-order chi connectivity index (χ1) is 18.1. The minimum Gasteiger partial charge on any atom is -0.488 e. The minimum absolute atomic E-state index is 0.264. The fourth-order valence-corrected chi connectivity index (χ4v) is 5.80. The molecule has 1 N–H and O–H groups in total. The third kappa shape index (κ3) is 5.09. The van der Waals surface area contributed by atoms with Crippen LogP contribution in [-0.2, 0) is 6.61 Å². The smallest absolute Gasteiger partial charge is 0.134 e. The van der Waals surface area contributed by atoms with Gasteiger partial charge in [-0.3, -0.25) is 4.99 Å². The molecule has 6 rings (SSSR count). The monoisotopic (exact) mass is 552 g/mol. The molecule has 184 valence electrons. The van der Waals surface area contributed by atoms with Gasteiger partial charge in [0, 0.05) is 17.8 Å². The van der Waals surface area contributed by atoms with Crippen LogP contribution < -0.4 is 10.1 Å². The second-order valence-electron chi connectivity index (χ2n) is 9.52. The van der Waals surface area contributed by atoms with Crippen LogP contribution in [0.4, 0.5) is 15.8 Å². The number of allylic oxidation sites excluding steroid dienone is 2. The van der Waals surface area contributed by atoms with Crippen LogP contribution in [0.1, 0.15) is 40.6 Å². The number of nitrogens with one attached hydrogen (secondary N) is 1. The number of benzene rings is 4. The van der Waals surface area contributed by atoms with Gasteiger partial charge in [0.25, 0.3) is 0 Å². The molecule has 4 aromatic rings. The molecule has 5 heteroatoms. The molecule has 0 amide bonds. The Bertz CT molecular complexity index is 1480. The Morgan fingerprint density at radius 3 is 2.68 bits per heavy atom. The van der Waals surface area contributed by atoms with Crippen LogP contribution >= 0.6 is 15.9 Å². The van der Waals surface area contributed by atoms with E-state index in [1.807, 2.05) is 30.5 Å². The van der Waals surface area contributed by atoms with Crippen molar-refractivity contribution in [2.24, 2.45) is 10.9 Å². The van der Waals surface area contributed by atoms with Crippen molar-refractivity contribution >= 4 is 33.5 Å². The van der Waals surface area contributed by atoms with Crippen molar-refractivity contribution in [3.05, 3.63) is 136 Å². The number of hydrogen-bond acceptors (Lipinski definition) is 3. The highest BCUT2D eigenvalue weighted by molar-refractivity contribution is 9.10. The van der Waals surface area contributed by atoms with E-state index in [2.05, 4.69) is 86.9 Å². The number of para-hydroxylation sites is 1. The third-order valence-electron chi connectivity index (χ3n) is 7.13. The molecule has 0 spiro atoms. The summed E-state index contributed by atoms with van der Waals surface area (Å²) in [6, 6.07) is 29.7. The second kappa shape index (κ2) is 10.3. The van der Waals surface area contributed by atoms with Gasteiger partial charge in [0.1, 0.15) is 18.2 Å². The number of ether oxygens (including phenoxy) is 1. The van der Waals surface area contributed by atoms with Gasteiger partial charge < -0.3 is 10.1 Å². The van der Waals surface area contributed by atoms with Crippen molar-refractivity contribution in [3.8, 4) is 5.75 Å². The fraction of sp³-hybridized carbons (Fsp3) is 0.156.